The van der Waals surface area contributed by atoms with Crippen LogP contribution in [0.2, 0.25) is 0 Å². The highest BCUT2D eigenvalue weighted by Crippen LogP contribution is 2.29. The van der Waals surface area contributed by atoms with Gasteiger partial charge in [-0.05, 0) is 30.3 Å². The van der Waals surface area contributed by atoms with E-state index in [2.05, 4.69) is 15.5 Å². The molecule has 0 spiro atoms. The van der Waals surface area contributed by atoms with E-state index in [9.17, 15) is 14.9 Å². The molecule has 0 saturated heterocycles. The number of carbonyl (C=O) groups is 1. The number of benzene rings is 2. The Morgan fingerprint density at radius 2 is 1.93 bits per heavy atom. The van der Waals surface area contributed by atoms with Gasteiger partial charge in [0.15, 0.2) is 5.76 Å². The van der Waals surface area contributed by atoms with E-state index in [-0.39, 0.29) is 23.0 Å². The third kappa shape index (κ3) is 3.36. The Bertz CT molecular complexity index is 1150. The molecule has 1 N–H and O–H groups in total. The van der Waals surface area contributed by atoms with Crippen molar-refractivity contribution in [2.75, 3.05) is 5.32 Å². The van der Waals surface area contributed by atoms with E-state index in [1.165, 1.54) is 30.5 Å². The maximum Gasteiger partial charge on any atom is 0.270 e. The molecule has 9 heteroatoms. The highest BCUT2D eigenvalue weighted by molar-refractivity contribution is 6.06. The standard InChI is InChI=1S/C19H12N4O5/c24-18(12-5-3-6-13(11-12)23(25)26)20-15-8-2-1-7-14(15)19-21-17(22-28-19)16-9-4-10-27-16/h1-11H,(H,20,24). The van der Waals surface area contributed by atoms with Gasteiger partial charge in [-0.15, -0.1) is 0 Å². The average Bonchev–Trinajstić information content (AvgIpc) is 3.40. The second kappa shape index (κ2) is 7.16. The van der Waals surface area contributed by atoms with E-state index in [0.29, 0.717) is 17.0 Å². The van der Waals surface area contributed by atoms with Crippen molar-refractivity contribution in [1.29, 1.82) is 0 Å². The molecule has 0 saturated carbocycles. The Hall–Kier alpha value is -4.27. The number of amides is 1. The Morgan fingerprint density at radius 1 is 1.07 bits per heavy atom. The number of para-hydroxylation sites is 1. The minimum atomic E-state index is -0.556. The molecule has 2 aromatic heterocycles. The molecule has 138 valence electrons. The van der Waals surface area contributed by atoms with Crippen molar-refractivity contribution in [3.8, 4) is 23.0 Å². The van der Waals surface area contributed by atoms with Gasteiger partial charge in [-0.1, -0.05) is 23.4 Å². The van der Waals surface area contributed by atoms with Crippen molar-refractivity contribution in [3.63, 3.8) is 0 Å². The minimum Gasteiger partial charge on any atom is -0.461 e. The van der Waals surface area contributed by atoms with E-state index in [0.717, 1.165) is 0 Å². The van der Waals surface area contributed by atoms with Crippen LogP contribution in [0.3, 0.4) is 0 Å². The summed E-state index contributed by atoms with van der Waals surface area (Å²) < 4.78 is 10.5. The molecule has 0 aliphatic carbocycles. The molecule has 0 aliphatic heterocycles. The summed E-state index contributed by atoms with van der Waals surface area (Å²) in [7, 11) is 0. The number of nitro benzene ring substituents is 1. The SMILES string of the molecule is O=C(Nc1ccccc1-c1nc(-c2ccco2)no1)c1cccc([N+](=O)[O-])c1. The highest BCUT2D eigenvalue weighted by Gasteiger charge is 2.18. The zero-order valence-electron chi connectivity index (χ0n) is 14.2. The number of anilines is 1. The van der Waals surface area contributed by atoms with Gasteiger partial charge in [0.2, 0.25) is 5.82 Å². The molecule has 0 bridgehead atoms. The van der Waals surface area contributed by atoms with Crippen LogP contribution in [0.5, 0.6) is 0 Å². The summed E-state index contributed by atoms with van der Waals surface area (Å²) in [6, 6.07) is 15.7. The van der Waals surface area contributed by atoms with Crippen LogP contribution < -0.4 is 5.32 Å². The van der Waals surface area contributed by atoms with E-state index in [4.69, 9.17) is 8.94 Å². The maximum absolute atomic E-state index is 12.5. The molecular formula is C19H12N4O5. The van der Waals surface area contributed by atoms with Gasteiger partial charge in [-0.2, -0.15) is 4.98 Å². The van der Waals surface area contributed by atoms with Crippen LogP contribution in [0.25, 0.3) is 23.0 Å². The van der Waals surface area contributed by atoms with Crippen molar-refractivity contribution >= 4 is 17.3 Å². The number of carbonyl (C=O) groups excluding carboxylic acids is 1. The molecule has 0 aliphatic rings. The van der Waals surface area contributed by atoms with E-state index in [1.54, 1.807) is 36.4 Å². The predicted molar refractivity (Wildman–Crippen MR) is 98.5 cm³/mol. The fourth-order valence-electron chi connectivity index (χ4n) is 2.57. The Balaban J connectivity index is 1.63. The number of furan rings is 1. The van der Waals surface area contributed by atoms with Gasteiger partial charge in [-0.25, -0.2) is 0 Å². The first kappa shape index (κ1) is 17.2. The van der Waals surface area contributed by atoms with Crippen molar-refractivity contribution in [2.45, 2.75) is 0 Å². The van der Waals surface area contributed by atoms with Gasteiger partial charge in [0.25, 0.3) is 17.5 Å². The van der Waals surface area contributed by atoms with Gasteiger partial charge >= 0.3 is 0 Å². The molecule has 0 unspecified atom stereocenters. The molecule has 2 aromatic carbocycles. The minimum absolute atomic E-state index is 0.158. The molecule has 9 nitrogen and oxygen atoms in total. The summed E-state index contributed by atoms with van der Waals surface area (Å²) in [5.74, 6) is 0.427. The molecule has 0 radical (unpaired) electrons. The second-order valence-electron chi connectivity index (χ2n) is 5.71. The van der Waals surface area contributed by atoms with Crippen LogP contribution >= 0.6 is 0 Å². The predicted octanol–water partition coefficient (Wildman–Crippen LogP) is 4.16. The number of nitro groups is 1. The topological polar surface area (TPSA) is 124 Å². The summed E-state index contributed by atoms with van der Waals surface area (Å²) in [5.41, 5.74) is 0.923. The Kier molecular flexibility index (Phi) is 4.38. The van der Waals surface area contributed by atoms with Crippen LogP contribution in [0.4, 0.5) is 11.4 Å². The first-order valence-corrected chi connectivity index (χ1v) is 8.14. The number of hydrogen-bond donors (Lipinski definition) is 1. The first-order chi connectivity index (χ1) is 13.6. The number of hydrogen-bond acceptors (Lipinski definition) is 7. The van der Waals surface area contributed by atoms with Crippen LogP contribution in [-0.2, 0) is 0 Å². The molecule has 0 fully saturated rings. The van der Waals surface area contributed by atoms with Crippen LogP contribution in [0, 0.1) is 10.1 Å². The fraction of sp³-hybridized carbons (Fsp3) is 0. The molecule has 4 rings (SSSR count). The molecule has 4 aromatic rings. The summed E-state index contributed by atoms with van der Waals surface area (Å²) in [6.07, 6.45) is 1.50. The van der Waals surface area contributed by atoms with E-state index < -0.39 is 10.8 Å². The van der Waals surface area contributed by atoms with Crippen molar-refractivity contribution < 1.29 is 18.7 Å². The Morgan fingerprint density at radius 3 is 2.71 bits per heavy atom. The average molecular weight is 376 g/mol. The zero-order chi connectivity index (χ0) is 19.5. The van der Waals surface area contributed by atoms with Gasteiger partial charge in [0, 0.05) is 17.7 Å². The lowest BCUT2D eigenvalue weighted by atomic mass is 10.1. The van der Waals surface area contributed by atoms with Crippen LogP contribution in [0.1, 0.15) is 10.4 Å². The second-order valence-corrected chi connectivity index (χ2v) is 5.71. The summed E-state index contributed by atoms with van der Waals surface area (Å²) in [5, 5.41) is 17.5. The van der Waals surface area contributed by atoms with Gasteiger partial charge in [0.1, 0.15) is 0 Å². The third-order valence-corrected chi connectivity index (χ3v) is 3.89. The van der Waals surface area contributed by atoms with Crippen LogP contribution in [-0.4, -0.2) is 21.0 Å². The number of nitrogens with one attached hydrogen (secondary N) is 1. The fourth-order valence-corrected chi connectivity index (χ4v) is 2.57. The quantitative estimate of drug-likeness (QED) is 0.409. The lowest BCUT2D eigenvalue weighted by Crippen LogP contribution is -2.12. The van der Waals surface area contributed by atoms with Gasteiger partial charge < -0.3 is 14.3 Å². The smallest absolute Gasteiger partial charge is 0.270 e. The number of aromatic nitrogens is 2. The summed E-state index contributed by atoms with van der Waals surface area (Å²) in [6.45, 7) is 0. The molecule has 0 atom stereocenters. The molecule has 28 heavy (non-hydrogen) atoms. The monoisotopic (exact) mass is 376 g/mol. The summed E-state index contributed by atoms with van der Waals surface area (Å²) in [4.78, 5) is 27.2. The van der Waals surface area contributed by atoms with E-state index >= 15 is 0 Å². The summed E-state index contributed by atoms with van der Waals surface area (Å²) >= 11 is 0. The number of nitrogens with zero attached hydrogens (tertiary/aromatic N) is 3. The zero-order valence-corrected chi connectivity index (χ0v) is 14.2. The van der Waals surface area contributed by atoms with Gasteiger partial charge in [-0.3, -0.25) is 14.9 Å². The Labute approximate surface area is 157 Å². The van der Waals surface area contributed by atoms with Crippen molar-refractivity contribution in [3.05, 3.63) is 82.6 Å². The third-order valence-electron chi connectivity index (χ3n) is 3.89. The first-order valence-electron chi connectivity index (χ1n) is 8.14. The molecule has 1 amide bonds. The molecular weight excluding hydrogens is 364 g/mol. The van der Waals surface area contributed by atoms with Gasteiger partial charge in [0.05, 0.1) is 22.4 Å². The number of rotatable bonds is 5. The largest absolute Gasteiger partial charge is 0.461 e. The van der Waals surface area contributed by atoms with Crippen molar-refractivity contribution in [1.82, 2.24) is 10.1 Å². The lowest BCUT2D eigenvalue weighted by molar-refractivity contribution is -0.384. The normalized spacial score (nSPS) is 10.6. The van der Waals surface area contributed by atoms with Crippen molar-refractivity contribution in [2.24, 2.45) is 0 Å². The molecule has 2 heterocycles. The maximum atomic E-state index is 12.5. The van der Waals surface area contributed by atoms with Crippen LogP contribution in [0.15, 0.2) is 75.9 Å². The van der Waals surface area contributed by atoms with E-state index in [1.807, 2.05) is 0 Å². The highest BCUT2D eigenvalue weighted by atomic mass is 16.6. The number of non-ortho nitro benzene ring substituents is 1. The lowest BCUT2D eigenvalue weighted by Gasteiger charge is -2.08.